The first-order valence-electron chi connectivity index (χ1n) is 6.72. The van der Waals surface area contributed by atoms with Gasteiger partial charge in [-0.25, -0.2) is 0 Å². The van der Waals surface area contributed by atoms with E-state index in [4.69, 9.17) is 4.74 Å². The predicted molar refractivity (Wildman–Crippen MR) is 84.6 cm³/mol. The van der Waals surface area contributed by atoms with Gasteiger partial charge in [-0.3, -0.25) is 0 Å². The number of hydrogen-bond donors (Lipinski definition) is 0. The van der Waals surface area contributed by atoms with E-state index in [-0.39, 0.29) is 0 Å². The number of ether oxygens (including phenoxy) is 1. The van der Waals surface area contributed by atoms with Crippen molar-refractivity contribution in [3.8, 4) is 5.75 Å². The van der Waals surface area contributed by atoms with Gasteiger partial charge in [0.2, 0.25) is 0 Å². The maximum absolute atomic E-state index is 5.58. The summed E-state index contributed by atoms with van der Waals surface area (Å²) in [6, 6.07) is 19.3. The van der Waals surface area contributed by atoms with Gasteiger partial charge >= 0.3 is 120 Å². The van der Waals surface area contributed by atoms with Gasteiger partial charge in [0.05, 0.1) is 0 Å². The standard InChI is InChI=1S/C14H13O.3CH3.Sn/c1-15-14-10-6-5-9-13(14)11-12-7-3-2-4-8-12;;;;/h2-11H,1H3;3*1H3;. The van der Waals surface area contributed by atoms with Gasteiger partial charge in [-0.2, -0.15) is 0 Å². The minimum atomic E-state index is -2.18. The summed E-state index contributed by atoms with van der Waals surface area (Å²) in [6.45, 7) is 0. The third-order valence-corrected chi connectivity index (χ3v) is 10.2. The molecule has 0 spiro atoms. The quantitative estimate of drug-likeness (QED) is 0.718. The number of hydrogen-bond acceptors (Lipinski definition) is 1. The van der Waals surface area contributed by atoms with Crippen LogP contribution < -0.4 is 4.74 Å². The molecule has 2 aromatic rings. The van der Waals surface area contributed by atoms with Gasteiger partial charge in [0.15, 0.2) is 0 Å². The van der Waals surface area contributed by atoms with Gasteiger partial charge in [-0.05, 0) is 0 Å². The Morgan fingerprint density at radius 3 is 2.00 bits per heavy atom. The van der Waals surface area contributed by atoms with Gasteiger partial charge in [0, 0.05) is 0 Å². The van der Waals surface area contributed by atoms with Crippen molar-refractivity contribution in [3.63, 3.8) is 0 Å². The summed E-state index contributed by atoms with van der Waals surface area (Å²) in [5.74, 6) is 1.02. The summed E-state index contributed by atoms with van der Waals surface area (Å²) in [6.07, 6.45) is 0. The van der Waals surface area contributed by atoms with Gasteiger partial charge in [-0.1, -0.05) is 0 Å². The fraction of sp³-hybridized carbons (Fsp3) is 0.294. The normalized spacial score (nSPS) is 13.1. The Bertz CT molecular complexity index is 528. The molecule has 19 heavy (non-hydrogen) atoms. The zero-order valence-corrected chi connectivity index (χ0v) is 15.0. The van der Waals surface area contributed by atoms with Crippen molar-refractivity contribution in [3.05, 3.63) is 65.7 Å². The molecule has 2 heteroatoms. The van der Waals surface area contributed by atoms with Crippen LogP contribution in [0, 0.1) is 0 Å². The van der Waals surface area contributed by atoms with Crippen LogP contribution in [0.1, 0.15) is 15.1 Å². The van der Waals surface area contributed by atoms with Gasteiger partial charge < -0.3 is 0 Å². The van der Waals surface area contributed by atoms with E-state index < -0.39 is 18.4 Å². The molecule has 1 nitrogen and oxygen atoms in total. The van der Waals surface area contributed by atoms with E-state index in [1.54, 1.807) is 7.11 Å². The molecule has 0 aromatic heterocycles. The molecule has 1 atom stereocenters. The summed E-state index contributed by atoms with van der Waals surface area (Å²) < 4.78 is 6.11. The molecule has 0 heterocycles. The zero-order valence-electron chi connectivity index (χ0n) is 12.2. The fourth-order valence-corrected chi connectivity index (χ4v) is 9.44. The molecular formula is C17H22OSn. The zero-order chi connectivity index (χ0) is 13.9. The van der Waals surface area contributed by atoms with Crippen LogP contribution >= 0.6 is 0 Å². The van der Waals surface area contributed by atoms with Crippen molar-refractivity contribution in [1.29, 1.82) is 0 Å². The molecule has 0 radical (unpaired) electrons. The number of rotatable bonds is 4. The van der Waals surface area contributed by atoms with E-state index in [1.165, 1.54) is 11.1 Å². The molecule has 0 bridgehead atoms. The third-order valence-electron chi connectivity index (χ3n) is 3.45. The molecule has 0 aliphatic heterocycles. The topological polar surface area (TPSA) is 9.23 Å². The Kier molecular flexibility index (Phi) is 4.56. The molecule has 0 N–H and O–H groups in total. The summed E-state index contributed by atoms with van der Waals surface area (Å²) >= 11 is -2.18. The van der Waals surface area contributed by atoms with Crippen LogP contribution in [0.2, 0.25) is 14.8 Å². The van der Waals surface area contributed by atoms with Crippen LogP contribution in [0.5, 0.6) is 5.75 Å². The molecule has 0 amide bonds. The Hall–Kier alpha value is -0.961. The van der Waals surface area contributed by atoms with Crippen molar-refractivity contribution < 1.29 is 4.74 Å². The van der Waals surface area contributed by atoms with E-state index in [0.29, 0.717) is 3.93 Å². The second-order valence-corrected chi connectivity index (χ2v) is 21.1. The van der Waals surface area contributed by atoms with E-state index in [2.05, 4.69) is 63.3 Å². The van der Waals surface area contributed by atoms with Crippen molar-refractivity contribution in [2.75, 3.05) is 7.11 Å². The van der Waals surface area contributed by atoms with Crippen molar-refractivity contribution in [1.82, 2.24) is 0 Å². The van der Waals surface area contributed by atoms with Crippen LogP contribution in [0.25, 0.3) is 0 Å². The van der Waals surface area contributed by atoms with E-state index >= 15 is 0 Å². The Labute approximate surface area is 120 Å². The average Bonchev–Trinajstić information content (AvgIpc) is 2.39. The first-order chi connectivity index (χ1) is 9.04. The van der Waals surface area contributed by atoms with Crippen molar-refractivity contribution in [2.45, 2.75) is 18.8 Å². The summed E-state index contributed by atoms with van der Waals surface area (Å²) in [4.78, 5) is 7.45. The molecule has 2 rings (SSSR count). The molecule has 1 unspecified atom stereocenters. The minimum absolute atomic E-state index is 0.534. The van der Waals surface area contributed by atoms with Crippen LogP contribution in [0.3, 0.4) is 0 Å². The second kappa shape index (κ2) is 6.00. The summed E-state index contributed by atoms with van der Waals surface area (Å²) in [5.41, 5.74) is 2.77. The summed E-state index contributed by atoms with van der Waals surface area (Å²) in [5, 5.41) is 0. The molecule has 0 aliphatic carbocycles. The van der Waals surface area contributed by atoms with Crippen LogP contribution in [-0.4, -0.2) is 25.5 Å². The summed E-state index contributed by atoms with van der Waals surface area (Å²) in [7, 11) is 1.76. The Morgan fingerprint density at radius 2 is 1.42 bits per heavy atom. The molecule has 0 saturated carbocycles. The molecule has 0 saturated heterocycles. The van der Waals surface area contributed by atoms with Gasteiger partial charge in [0.1, 0.15) is 0 Å². The van der Waals surface area contributed by atoms with E-state index in [9.17, 15) is 0 Å². The predicted octanol–water partition coefficient (Wildman–Crippen LogP) is 4.70. The molecular weight excluding hydrogens is 339 g/mol. The fourth-order valence-electron chi connectivity index (χ4n) is 2.70. The first-order valence-corrected chi connectivity index (χ1v) is 16.9. The Morgan fingerprint density at radius 1 is 0.842 bits per heavy atom. The van der Waals surface area contributed by atoms with Crippen LogP contribution in [-0.2, 0) is 0 Å². The molecule has 100 valence electrons. The van der Waals surface area contributed by atoms with E-state index in [1.807, 2.05) is 6.07 Å². The monoisotopic (exact) mass is 362 g/mol. The average molecular weight is 361 g/mol. The van der Waals surface area contributed by atoms with Crippen molar-refractivity contribution in [2.24, 2.45) is 0 Å². The SMILES string of the molecule is COc1ccccc1[CH](c1ccccc1)[Sn]([CH3])([CH3])[CH3]. The van der Waals surface area contributed by atoms with E-state index in [0.717, 1.165) is 5.75 Å². The van der Waals surface area contributed by atoms with Gasteiger partial charge in [0.25, 0.3) is 0 Å². The number of para-hydroxylation sites is 1. The van der Waals surface area contributed by atoms with Gasteiger partial charge in [-0.15, -0.1) is 0 Å². The molecule has 0 aliphatic rings. The third kappa shape index (κ3) is 3.33. The Balaban J connectivity index is 2.56. The van der Waals surface area contributed by atoms with Crippen molar-refractivity contribution >= 4 is 18.4 Å². The first kappa shape index (κ1) is 14.4. The molecule has 0 fully saturated rings. The number of methoxy groups -OCH3 is 1. The van der Waals surface area contributed by atoms with Crippen LogP contribution in [0.4, 0.5) is 0 Å². The maximum atomic E-state index is 5.58. The number of benzene rings is 2. The van der Waals surface area contributed by atoms with Crippen LogP contribution in [0.15, 0.2) is 54.6 Å². The second-order valence-electron chi connectivity index (χ2n) is 5.95. The molecule has 2 aromatic carbocycles.